The SMILES string of the molecule is CCNCc1cc(Br)c(OC(C)C(N)=O)c(OC)c1. The van der Waals surface area contributed by atoms with Crippen LogP contribution < -0.4 is 20.5 Å². The number of hydrogen-bond acceptors (Lipinski definition) is 4. The van der Waals surface area contributed by atoms with Gasteiger partial charge in [-0.2, -0.15) is 0 Å². The van der Waals surface area contributed by atoms with Crippen LogP contribution in [0.25, 0.3) is 0 Å². The topological polar surface area (TPSA) is 73.6 Å². The summed E-state index contributed by atoms with van der Waals surface area (Å²) >= 11 is 3.42. The first-order chi connectivity index (χ1) is 8.99. The summed E-state index contributed by atoms with van der Waals surface area (Å²) in [6, 6.07) is 3.80. The molecular formula is C13H19BrN2O3. The van der Waals surface area contributed by atoms with Gasteiger partial charge in [-0.1, -0.05) is 6.92 Å². The van der Waals surface area contributed by atoms with Gasteiger partial charge < -0.3 is 20.5 Å². The van der Waals surface area contributed by atoms with E-state index in [-0.39, 0.29) is 0 Å². The number of rotatable bonds is 7. The lowest BCUT2D eigenvalue weighted by Gasteiger charge is -2.17. The minimum Gasteiger partial charge on any atom is -0.493 e. The summed E-state index contributed by atoms with van der Waals surface area (Å²) in [5, 5.41) is 3.23. The summed E-state index contributed by atoms with van der Waals surface area (Å²) in [5.41, 5.74) is 6.25. The van der Waals surface area contributed by atoms with Gasteiger partial charge in [-0.3, -0.25) is 4.79 Å². The molecule has 1 unspecified atom stereocenters. The Balaban J connectivity index is 3.00. The maximum atomic E-state index is 11.1. The third kappa shape index (κ3) is 4.40. The molecule has 0 radical (unpaired) electrons. The molecule has 106 valence electrons. The van der Waals surface area contributed by atoms with Crippen LogP contribution in [0.2, 0.25) is 0 Å². The monoisotopic (exact) mass is 330 g/mol. The fraction of sp³-hybridized carbons (Fsp3) is 0.462. The molecule has 0 aromatic heterocycles. The Hall–Kier alpha value is -1.27. The molecule has 0 bridgehead atoms. The number of hydrogen-bond donors (Lipinski definition) is 2. The molecule has 1 aromatic carbocycles. The van der Waals surface area contributed by atoms with Crippen molar-refractivity contribution in [2.24, 2.45) is 5.73 Å². The highest BCUT2D eigenvalue weighted by atomic mass is 79.9. The molecule has 3 N–H and O–H groups in total. The standard InChI is InChI=1S/C13H19BrN2O3/c1-4-16-7-9-5-10(14)12(11(6-9)18-3)19-8(2)13(15)17/h5-6,8,16H,4,7H2,1-3H3,(H2,15,17). The average molecular weight is 331 g/mol. The molecule has 0 spiro atoms. The maximum Gasteiger partial charge on any atom is 0.258 e. The Bertz CT molecular complexity index is 452. The lowest BCUT2D eigenvalue weighted by atomic mass is 10.2. The molecule has 1 amide bonds. The first kappa shape index (κ1) is 15.8. The van der Waals surface area contributed by atoms with Crippen LogP contribution in [0.5, 0.6) is 11.5 Å². The minimum atomic E-state index is -0.718. The van der Waals surface area contributed by atoms with E-state index in [2.05, 4.69) is 21.2 Å². The van der Waals surface area contributed by atoms with E-state index in [1.165, 1.54) is 0 Å². The second kappa shape index (κ2) is 7.35. The van der Waals surface area contributed by atoms with E-state index in [1.54, 1.807) is 14.0 Å². The Morgan fingerprint density at radius 1 is 1.53 bits per heavy atom. The van der Waals surface area contributed by atoms with Gasteiger partial charge >= 0.3 is 0 Å². The number of methoxy groups -OCH3 is 1. The highest BCUT2D eigenvalue weighted by molar-refractivity contribution is 9.10. The van der Waals surface area contributed by atoms with E-state index in [4.69, 9.17) is 15.2 Å². The van der Waals surface area contributed by atoms with Crippen LogP contribution in [0.15, 0.2) is 16.6 Å². The van der Waals surface area contributed by atoms with Gasteiger partial charge in [0.2, 0.25) is 0 Å². The molecule has 0 heterocycles. The van der Waals surface area contributed by atoms with Crippen molar-refractivity contribution in [2.45, 2.75) is 26.5 Å². The highest BCUT2D eigenvalue weighted by Crippen LogP contribution is 2.37. The largest absolute Gasteiger partial charge is 0.493 e. The Kier molecular flexibility index (Phi) is 6.11. The van der Waals surface area contributed by atoms with Crippen LogP contribution in [-0.2, 0) is 11.3 Å². The molecule has 0 saturated carbocycles. The molecule has 1 rings (SSSR count). The van der Waals surface area contributed by atoms with E-state index < -0.39 is 12.0 Å². The summed E-state index contributed by atoms with van der Waals surface area (Å²) in [5.74, 6) is 0.523. The van der Waals surface area contributed by atoms with Gasteiger partial charge in [0.05, 0.1) is 11.6 Å². The van der Waals surface area contributed by atoms with Gasteiger partial charge in [0.1, 0.15) is 0 Å². The third-order valence-electron chi connectivity index (χ3n) is 2.56. The fourth-order valence-electron chi connectivity index (χ4n) is 1.49. The summed E-state index contributed by atoms with van der Waals surface area (Å²) in [6.07, 6.45) is -0.718. The van der Waals surface area contributed by atoms with Gasteiger partial charge in [-0.05, 0) is 47.1 Å². The minimum absolute atomic E-state index is 0.481. The quantitative estimate of drug-likeness (QED) is 0.799. The maximum absolute atomic E-state index is 11.1. The number of carbonyl (C=O) groups is 1. The van der Waals surface area contributed by atoms with Crippen LogP contribution in [0, 0.1) is 0 Å². The van der Waals surface area contributed by atoms with E-state index >= 15 is 0 Å². The van der Waals surface area contributed by atoms with Crippen LogP contribution in [0.1, 0.15) is 19.4 Å². The molecule has 0 saturated heterocycles. The second-order valence-electron chi connectivity index (χ2n) is 4.05. The number of nitrogens with two attached hydrogens (primary N) is 1. The van der Waals surface area contributed by atoms with Crippen LogP contribution in [0.3, 0.4) is 0 Å². The predicted octanol–water partition coefficient (Wildman–Crippen LogP) is 1.82. The predicted molar refractivity (Wildman–Crippen MR) is 77.4 cm³/mol. The normalized spacial score (nSPS) is 12.0. The molecule has 0 fully saturated rings. The van der Waals surface area contributed by atoms with Crippen LogP contribution >= 0.6 is 15.9 Å². The highest BCUT2D eigenvalue weighted by Gasteiger charge is 2.17. The number of primary amides is 1. The van der Waals surface area contributed by atoms with Gasteiger partial charge in [-0.15, -0.1) is 0 Å². The zero-order chi connectivity index (χ0) is 14.4. The van der Waals surface area contributed by atoms with Crippen molar-refractivity contribution in [3.8, 4) is 11.5 Å². The average Bonchev–Trinajstić information content (AvgIpc) is 2.38. The molecule has 1 atom stereocenters. The summed E-state index contributed by atoms with van der Waals surface area (Å²) in [6.45, 7) is 5.26. The smallest absolute Gasteiger partial charge is 0.258 e. The van der Waals surface area contributed by atoms with Crippen molar-refractivity contribution in [2.75, 3.05) is 13.7 Å². The van der Waals surface area contributed by atoms with Crippen molar-refractivity contribution >= 4 is 21.8 Å². The molecule has 1 aromatic rings. The van der Waals surface area contributed by atoms with Crippen LogP contribution in [0.4, 0.5) is 0 Å². The molecule has 0 aliphatic heterocycles. The third-order valence-corrected chi connectivity index (χ3v) is 3.15. The first-order valence-corrected chi connectivity index (χ1v) is 6.82. The Morgan fingerprint density at radius 2 is 2.21 bits per heavy atom. The summed E-state index contributed by atoms with van der Waals surface area (Å²) in [4.78, 5) is 11.1. The molecule has 0 aliphatic rings. The van der Waals surface area contributed by atoms with Crippen molar-refractivity contribution < 1.29 is 14.3 Å². The molecule has 0 aliphatic carbocycles. The van der Waals surface area contributed by atoms with Crippen LogP contribution in [-0.4, -0.2) is 25.7 Å². The Morgan fingerprint density at radius 3 is 2.74 bits per heavy atom. The molecule has 6 heteroatoms. The van der Waals surface area contributed by atoms with Crippen molar-refractivity contribution in [3.05, 3.63) is 22.2 Å². The molecule has 5 nitrogen and oxygen atoms in total. The zero-order valence-electron chi connectivity index (χ0n) is 11.3. The number of ether oxygens (including phenoxy) is 2. The molecular weight excluding hydrogens is 312 g/mol. The van der Waals surface area contributed by atoms with Crippen molar-refractivity contribution in [1.29, 1.82) is 0 Å². The lowest BCUT2D eigenvalue weighted by molar-refractivity contribution is -0.124. The summed E-state index contributed by atoms with van der Waals surface area (Å²) in [7, 11) is 1.56. The van der Waals surface area contributed by atoms with E-state index in [0.29, 0.717) is 11.5 Å². The van der Waals surface area contributed by atoms with Gasteiger partial charge in [0.25, 0.3) is 5.91 Å². The van der Waals surface area contributed by atoms with Gasteiger partial charge in [0.15, 0.2) is 17.6 Å². The summed E-state index contributed by atoms with van der Waals surface area (Å²) < 4.78 is 11.5. The fourth-order valence-corrected chi connectivity index (χ4v) is 2.08. The number of halogens is 1. The zero-order valence-corrected chi connectivity index (χ0v) is 12.9. The lowest BCUT2D eigenvalue weighted by Crippen LogP contribution is -2.30. The van der Waals surface area contributed by atoms with Gasteiger partial charge in [0, 0.05) is 6.54 Å². The second-order valence-corrected chi connectivity index (χ2v) is 4.91. The van der Waals surface area contributed by atoms with E-state index in [1.807, 2.05) is 19.1 Å². The number of benzene rings is 1. The van der Waals surface area contributed by atoms with Gasteiger partial charge in [-0.25, -0.2) is 0 Å². The molecule has 19 heavy (non-hydrogen) atoms. The van der Waals surface area contributed by atoms with Crippen molar-refractivity contribution in [3.63, 3.8) is 0 Å². The van der Waals surface area contributed by atoms with E-state index in [9.17, 15) is 4.79 Å². The first-order valence-electron chi connectivity index (χ1n) is 6.02. The number of carbonyl (C=O) groups excluding carboxylic acids is 1. The number of nitrogens with one attached hydrogen (secondary N) is 1. The van der Waals surface area contributed by atoms with E-state index in [0.717, 1.165) is 23.1 Å². The Labute approximate surface area is 121 Å². The van der Waals surface area contributed by atoms with Crippen molar-refractivity contribution in [1.82, 2.24) is 5.32 Å². The number of amides is 1.